The predicted octanol–water partition coefficient (Wildman–Crippen LogP) is 3.91. The molecule has 0 saturated heterocycles. The van der Waals surface area contributed by atoms with E-state index in [0.717, 1.165) is 0 Å². The van der Waals surface area contributed by atoms with Crippen molar-refractivity contribution >= 4 is 28.3 Å². The van der Waals surface area contributed by atoms with Gasteiger partial charge in [-0.15, -0.1) is 0 Å². The van der Waals surface area contributed by atoms with Crippen molar-refractivity contribution in [3.63, 3.8) is 0 Å². The summed E-state index contributed by atoms with van der Waals surface area (Å²) in [6.07, 6.45) is 1.39. The Morgan fingerprint density at radius 3 is 1.97 bits per heavy atom. The second-order valence-corrected chi connectivity index (χ2v) is 8.40. The van der Waals surface area contributed by atoms with Crippen LogP contribution in [0.3, 0.4) is 0 Å². The van der Waals surface area contributed by atoms with Crippen molar-refractivity contribution in [1.29, 1.82) is 0 Å². The van der Waals surface area contributed by atoms with Gasteiger partial charge >= 0.3 is 0 Å². The summed E-state index contributed by atoms with van der Waals surface area (Å²) < 4.78 is 28.0. The fourth-order valence-electron chi connectivity index (χ4n) is 4.18. The number of methoxy groups -OCH3 is 5. The molecule has 39 heavy (non-hydrogen) atoms. The molecule has 1 heterocycles. The Balaban J connectivity index is 1.79. The number of nitrogens with zero attached hydrogens (tertiary/aromatic N) is 1. The summed E-state index contributed by atoms with van der Waals surface area (Å²) in [5, 5.41) is 3.01. The molecule has 0 radical (unpaired) electrons. The lowest BCUT2D eigenvalue weighted by atomic mass is 10.0. The number of amides is 1. The van der Waals surface area contributed by atoms with Crippen molar-refractivity contribution in [3.05, 3.63) is 82.1 Å². The number of aromatic nitrogens is 1. The summed E-state index contributed by atoms with van der Waals surface area (Å²) in [4.78, 5) is 40.1. The number of hydrogen-bond donors (Lipinski definition) is 1. The maximum Gasteiger partial charge on any atom is 0.244 e. The number of ketones is 1. The van der Waals surface area contributed by atoms with Crippen molar-refractivity contribution in [1.82, 2.24) is 4.57 Å². The lowest BCUT2D eigenvalue weighted by Gasteiger charge is -2.16. The number of rotatable bonds is 10. The number of benzene rings is 3. The Hall–Kier alpha value is -4.99. The molecule has 10 nitrogen and oxygen atoms in total. The van der Waals surface area contributed by atoms with Gasteiger partial charge in [-0.05, 0) is 42.5 Å². The Kier molecular flexibility index (Phi) is 8.04. The van der Waals surface area contributed by atoms with Crippen molar-refractivity contribution in [2.45, 2.75) is 6.54 Å². The highest BCUT2D eigenvalue weighted by molar-refractivity contribution is 6.10. The molecule has 202 valence electrons. The van der Waals surface area contributed by atoms with Gasteiger partial charge in [-0.2, -0.15) is 0 Å². The van der Waals surface area contributed by atoms with E-state index < -0.39 is 17.1 Å². The number of ether oxygens (including phenoxy) is 5. The monoisotopic (exact) mass is 532 g/mol. The first kappa shape index (κ1) is 27.1. The van der Waals surface area contributed by atoms with Gasteiger partial charge in [-0.1, -0.05) is 0 Å². The molecule has 0 aliphatic rings. The van der Waals surface area contributed by atoms with Crippen LogP contribution in [0.5, 0.6) is 28.7 Å². The van der Waals surface area contributed by atoms with E-state index >= 15 is 0 Å². The maximum atomic E-state index is 13.5. The first-order valence-electron chi connectivity index (χ1n) is 11.8. The van der Waals surface area contributed by atoms with Crippen LogP contribution in [0.2, 0.25) is 0 Å². The number of anilines is 1. The predicted molar refractivity (Wildman–Crippen MR) is 146 cm³/mol. The van der Waals surface area contributed by atoms with Crippen LogP contribution >= 0.6 is 0 Å². The van der Waals surface area contributed by atoms with Crippen LogP contribution in [0, 0.1) is 0 Å². The number of carbonyl (C=O) groups is 2. The lowest BCUT2D eigenvalue weighted by molar-refractivity contribution is -0.116. The van der Waals surface area contributed by atoms with E-state index in [2.05, 4.69) is 5.32 Å². The second kappa shape index (κ2) is 11.6. The van der Waals surface area contributed by atoms with Crippen molar-refractivity contribution in [2.24, 2.45) is 0 Å². The topological polar surface area (TPSA) is 114 Å². The Morgan fingerprint density at radius 2 is 1.36 bits per heavy atom. The van der Waals surface area contributed by atoms with Gasteiger partial charge in [0.2, 0.25) is 11.3 Å². The molecular formula is C29H28N2O8. The summed E-state index contributed by atoms with van der Waals surface area (Å²) in [5.41, 5.74) is 0.583. The zero-order chi connectivity index (χ0) is 28.1. The highest BCUT2D eigenvalue weighted by atomic mass is 16.5. The maximum absolute atomic E-state index is 13.5. The molecule has 10 heteroatoms. The number of carbonyl (C=O) groups excluding carboxylic acids is 2. The molecule has 4 rings (SSSR count). The third kappa shape index (κ3) is 5.49. The zero-order valence-corrected chi connectivity index (χ0v) is 22.2. The molecule has 0 bridgehead atoms. The Morgan fingerprint density at radius 1 is 0.744 bits per heavy atom. The first-order valence-corrected chi connectivity index (χ1v) is 11.8. The average Bonchev–Trinajstić information content (AvgIpc) is 2.97. The van der Waals surface area contributed by atoms with Gasteiger partial charge in [0.25, 0.3) is 0 Å². The van der Waals surface area contributed by atoms with Crippen LogP contribution in [0.15, 0.2) is 65.6 Å². The molecule has 1 amide bonds. The van der Waals surface area contributed by atoms with Crippen LogP contribution in [0.4, 0.5) is 5.69 Å². The van der Waals surface area contributed by atoms with Crippen LogP contribution in [-0.4, -0.2) is 51.8 Å². The number of pyridine rings is 1. The van der Waals surface area contributed by atoms with Crippen LogP contribution in [0.1, 0.15) is 15.9 Å². The minimum absolute atomic E-state index is 0.0983. The summed E-state index contributed by atoms with van der Waals surface area (Å²) in [6, 6.07) is 14.5. The van der Waals surface area contributed by atoms with Gasteiger partial charge < -0.3 is 33.6 Å². The van der Waals surface area contributed by atoms with Crippen LogP contribution in [0.25, 0.3) is 10.9 Å². The van der Waals surface area contributed by atoms with Gasteiger partial charge in [-0.3, -0.25) is 14.4 Å². The first-order chi connectivity index (χ1) is 18.8. The molecule has 0 saturated carbocycles. The molecule has 1 aromatic heterocycles. The zero-order valence-electron chi connectivity index (χ0n) is 22.2. The summed E-state index contributed by atoms with van der Waals surface area (Å²) in [5.74, 6) is 1.34. The summed E-state index contributed by atoms with van der Waals surface area (Å²) in [6.45, 7) is -0.205. The van der Waals surface area contributed by atoms with E-state index in [0.29, 0.717) is 45.5 Å². The molecule has 0 aliphatic heterocycles. The third-order valence-electron chi connectivity index (χ3n) is 6.16. The van der Waals surface area contributed by atoms with E-state index in [9.17, 15) is 14.4 Å². The van der Waals surface area contributed by atoms with Crippen LogP contribution < -0.4 is 34.4 Å². The fourth-order valence-corrected chi connectivity index (χ4v) is 4.18. The van der Waals surface area contributed by atoms with Crippen molar-refractivity contribution in [2.75, 3.05) is 40.9 Å². The van der Waals surface area contributed by atoms with Gasteiger partial charge in [-0.25, -0.2) is 0 Å². The van der Waals surface area contributed by atoms with E-state index in [1.807, 2.05) is 0 Å². The minimum atomic E-state index is -0.497. The van der Waals surface area contributed by atoms with Gasteiger partial charge in [0, 0.05) is 29.6 Å². The Bertz CT molecular complexity index is 1590. The average molecular weight is 533 g/mol. The van der Waals surface area contributed by atoms with Crippen molar-refractivity contribution < 1.29 is 33.3 Å². The second-order valence-electron chi connectivity index (χ2n) is 8.40. The Labute approximate surface area is 224 Å². The van der Waals surface area contributed by atoms with E-state index in [4.69, 9.17) is 23.7 Å². The number of fused-ring (bicyclic) bond motifs is 1. The normalized spacial score (nSPS) is 10.6. The molecule has 4 aromatic rings. The summed E-state index contributed by atoms with van der Waals surface area (Å²) in [7, 11) is 7.46. The van der Waals surface area contributed by atoms with Crippen molar-refractivity contribution in [3.8, 4) is 28.7 Å². The molecule has 0 unspecified atom stereocenters. The van der Waals surface area contributed by atoms with Gasteiger partial charge in [0.15, 0.2) is 28.8 Å². The largest absolute Gasteiger partial charge is 0.497 e. The van der Waals surface area contributed by atoms with Gasteiger partial charge in [0.1, 0.15) is 12.3 Å². The molecule has 0 spiro atoms. The molecular weight excluding hydrogens is 504 g/mol. The van der Waals surface area contributed by atoms with E-state index in [1.165, 1.54) is 52.4 Å². The molecule has 0 atom stereocenters. The van der Waals surface area contributed by atoms with Gasteiger partial charge in [0.05, 0.1) is 52.0 Å². The van der Waals surface area contributed by atoms with E-state index in [-0.39, 0.29) is 17.5 Å². The smallest absolute Gasteiger partial charge is 0.244 e. The SMILES string of the molecule is COc1ccc(C(=O)c2cn(CC(=O)Nc3ccc(OC)c(OC)c3)c3cc(OC)c(OC)cc3c2=O)cc1. The quantitative estimate of drug-likeness (QED) is 0.306. The summed E-state index contributed by atoms with van der Waals surface area (Å²) >= 11 is 0. The number of hydrogen-bond acceptors (Lipinski definition) is 8. The fraction of sp³-hybridized carbons (Fsp3) is 0.207. The highest BCUT2D eigenvalue weighted by Gasteiger charge is 2.21. The third-order valence-corrected chi connectivity index (χ3v) is 6.16. The lowest BCUT2D eigenvalue weighted by Crippen LogP contribution is -2.24. The van der Waals surface area contributed by atoms with E-state index in [1.54, 1.807) is 48.5 Å². The molecule has 0 fully saturated rings. The minimum Gasteiger partial charge on any atom is -0.497 e. The highest BCUT2D eigenvalue weighted by Crippen LogP contribution is 2.32. The van der Waals surface area contributed by atoms with Crippen LogP contribution in [-0.2, 0) is 11.3 Å². The molecule has 3 aromatic carbocycles. The molecule has 0 aliphatic carbocycles. The number of nitrogens with one attached hydrogen (secondary N) is 1. The standard InChI is InChI=1S/C29H28N2O8/c1-35-19-9-6-17(7-10-19)28(33)21-15-31(22-14-26(39-5)25(38-4)13-20(22)29(21)34)16-27(32)30-18-8-11-23(36-2)24(12-18)37-3/h6-15H,16H2,1-5H3,(H,30,32). The molecule has 1 N–H and O–H groups in total.